The van der Waals surface area contributed by atoms with E-state index < -0.39 is 0 Å². The van der Waals surface area contributed by atoms with Crippen LogP contribution in [0.4, 0.5) is 0 Å². The van der Waals surface area contributed by atoms with Gasteiger partial charge >= 0.3 is 0 Å². The summed E-state index contributed by atoms with van der Waals surface area (Å²) >= 11 is 5.15. The monoisotopic (exact) mass is 170 g/mol. The van der Waals surface area contributed by atoms with Crippen molar-refractivity contribution in [3.05, 3.63) is 12.7 Å². The molecule has 1 heterocycles. The Labute approximate surface area is 73.3 Å². The number of likely N-dealkylation sites (tertiary alicyclic amines) is 1. The van der Waals surface area contributed by atoms with E-state index in [0.29, 0.717) is 0 Å². The summed E-state index contributed by atoms with van der Waals surface area (Å²) in [6, 6.07) is 0. The van der Waals surface area contributed by atoms with Crippen LogP contribution in [0.5, 0.6) is 0 Å². The number of nitrogens with zero attached hydrogens (tertiary/aromatic N) is 1. The lowest BCUT2D eigenvalue weighted by molar-refractivity contribution is 0.510. The molecule has 0 saturated carbocycles. The first-order chi connectivity index (χ1) is 5.34. The van der Waals surface area contributed by atoms with Gasteiger partial charge in [-0.05, 0) is 25.1 Å². The van der Waals surface area contributed by atoms with E-state index in [2.05, 4.69) is 16.8 Å². The molecule has 2 nitrogen and oxygen atoms in total. The first-order valence-corrected chi connectivity index (χ1v) is 4.39. The van der Waals surface area contributed by atoms with Gasteiger partial charge in [-0.1, -0.05) is 6.08 Å². The summed E-state index contributed by atoms with van der Waals surface area (Å²) < 4.78 is 0. The van der Waals surface area contributed by atoms with Crippen LogP contribution in [-0.4, -0.2) is 29.6 Å². The maximum atomic E-state index is 5.15. The molecule has 0 aliphatic carbocycles. The van der Waals surface area contributed by atoms with Gasteiger partial charge in [-0.15, -0.1) is 6.58 Å². The van der Waals surface area contributed by atoms with Gasteiger partial charge in [0.25, 0.3) is 0 Å². The summed E-state index contributed by atoms with van der Waals surface area (Å²) in [5.74, 6) is 0. The average molecular weight is 170 g/mol. The van der Waals surface area contributed by atoms with Crippen molar-refractivity contribution in [3.63, 3.8) is 0 Å². The van der Waals surface area contributed by atoms with Crippen LogP contribution in [0.25, 0.3) is 0 Å². The fourth-order valence-corrected chi connectivity index (χ4v) is 1.46. The second-order valence-electron chi connectivity index (χ2n) is 2.67. The third-order valence-corrected chi connectivity index (χ3v) is 2.19. The summed E-state index contributed by atoms with van der Waals surface area (Å²) in [7, 11) is 0. The molecule has 0 amide bonds. The van der Waals surface area contributed by atoms with Crippen molar-refractivity contribution in [1.82, 2.24) is 10.2 Å². The van der Waals surface area contributed by atoms with Crippen molar-refractivity contribution < 1.29 is 0 Å². The minimum Gasteiger partial charge on any atom is -0.359 e. The van der Waals surface area contributed by atoms with Crippen molar-refractivity contribution in [3.8, 4) is 0 Å². The summed E-state index contributed by atoms with van der Waals surface area (Å²) in [6.45, 7) is 6.62. The van der Waals surface area contributed by atoms with Crippen LogP contribution in [0.3, 0.4) is 0 Å². The number of nitrogens with one attached hydrogen (secondary N) is 1. The standard InChI is InChI=1S/C8H14N2S/c1-2-5-9-8(11)10-6-3-4-7-10/h2H,1,3-7H2,(H,9,11). The third-order valence-electron chi connectivity index (χ3n) is 1.79. The maximum absolute atomic E-state index is 5.15. The Morgan fingerprint density at radius 1 is 1.55 bits per heavy atom. The number of thiocarbonyl (C=S) groups is 1. The van der Waals surface area contributed by atoms with Crippen LogP contribution in [0, 0.1) is 0 Å². The maximum Gasteiger partial charge on any atom is 0.169 e. The molecule has 0 aromatic heterocycles. The van der Waals surface area contributed by atoms with E-state index in [4.69, 9.17) is 12.2 Å². The Hall–Kier alpha value is -0.570. The Bertz CT molecular complexity index is 150. The largest absolute Gasteiger partial charge is 0.359 e. The molecular formula is C8H14N2S. The molecule has 62 valence electrons. The summed E-state index contributed by atoms with van der Waals surface area (Å²) in [5.41, 5.74) is 0. The molecule has 0 aromatic carbocycles. The van der Waals surface area contributed by atoms with Crippen LogP contribution in [0.2, 0.25) is 0 Å². The third kappa shape index (κ3) is 2.50. The molecule has 0 spiro atoms. The second-order valence-corrected chi connectivity index (χ2v) is 3.06. The summed E-state index contributed by atoms with van der Waals surface area (Å²) in [4.78, 5) is 2.21. The van der Waals surface area contributed by atoms with E-state index in [1.807, 2.05) is 6.08 Å². The summed E-state index contributed by atoms with van der Waals surface area (Å²) in [5, 5.41) is 3.99. The van der Waals surface area contributed by atoms with E-state index in [-0.39, 0.29) is 0 Å². The van der Waals surface area contributed by atoms with Gasteiger partial charge < -0.3 is 10.2 Å². The van der Waals surface area contributed by atoms with Gasteiger partial charge in [0, 0.05) is 19.6 Å². The predicted octanol–water partition coefficient (Wildman–Crippen LogP) is 1.14. The normalized spacial score (nSPS) is 16.5. The lowest BCUT2D eigenvalue weighted by atomic mass is 10.4. The molecule has 0 unspecified atom stereocenters. The molecule has 0 radical (unpaired) electrons. The highest BCUT2D eigenvalue weighted by Gasteiger charge is 2.13. The highest BCUT2D eigenvalue weighted by molar-refractivity contribution is 7.80. The van der Waals surface area contributed by atoms with E-state index in [0.717, 1.165) is 24.7 Å². The number of rotatable bonds is 2. The highest BCUT2D eigenvalue weighted by atomic mass is 32.1. The quantitative estimate of drug-likeness (QED) is 0.494. The van der Waals surface area contributed by atoms with Gasteiger partial charge in [-0.2, -0.15) is 0 Å². The van der Waals surface area contributed by atoms with Gasteiger partial charge in [0.1, 0.15) is 0 Å². The predicted molar refractivity (Wildman–Crippen MR) is 51.6 cm³/mol. The van der Waals surface area contributed by atoms with Crippen molar-refractivity contribution in [2.24, 2.45) is 0 Å². The van der Waals surface area contributed by atoms with Crippen molar-refractivity contribution >= 4 is 17.3 Å². The van der Waals surface area contributed by atoms with Gasteiger partial charge in [-0.25, -0.2) is 0 Å². The van der Waals surface area contributed by atoms with Gasteiger partial charge in [0.2, 0.25) is 0 Å². The van der Waals surface area contributed by atoms with Crippen molar-refractivity contribution in [1.29, 1.82) is 0 Å². The lowest BCUT2D eigenvalue weighted by Gasteiger charge is -2.18. The molecule has 11 heavy (non-hydrogen) atoms. The first kappa shape index (κ1) is 8.53. The molecular weight excluding hydrogens is 156 g/mol. The number of hydrogen-bond acceptors (Lipinski definition) is 1. The van der Waals surface area contributed by atoms with Gasteiger partial charge in [0.05, 0.1) is 0 Å². The molecule has 0 atom stereocenters. The summed E-state index contributed by atoms with van der Waals surface area (Å²) in [6.07, 6.45) is 4.37. The number of hydrogen-bond donors (Lipinski definition) is 1. The second kappa shape index (κ2) is 4.34. The highest BCUT2D eigenvalue weighted by Crippen LogP contribution is 2.06. The fraction of sp³-hybridized carbons (Fsp3) is 0.625. The lowest BCUT2D eigenvalue weighted by Crippen LogP contribution is -2.37. The van der Waals surface area contributed by atoms with Gasteiger partial charge in [-0.3, -0.25) is 0 Å². The molecule has 1 N–H and O–H groups in total. The van der Waals surface area contributed by atoms with Crippen LogP contribution in [0.15, 0.2) is 12.7 Å². The Morgan fingerprint density at radius 3 is 2.73 bits per heavy atom. The topological polar surface area (TPSA) is 15.3 Å². The van der Waals surface area contributed by atoms with E-state index in [1.165, 1.54) is 12.8 Å². The Morgan fingerprint density at radius 2 is 2.18 bits per heavy atom. The zero-order valence-corrected chi connectivity index (χ0v) is 7.49. The minimum atomic E-state index is 0.773. The minimum absolute atomic E-state index is 0.773. The fourth-order valence-electron chi connectivity index (χ4n) is 1.19. The van der Waals surface area contributed by atoms with Gasteiger partial charge in [0.15, 0.2) is 5.11 Å². The van der Waals surface area contributed by atoms with Crippen molar-refractivity contribution in [2.75, 3.05) is 19.6 Å². The molecule has 0 aromatic rings. The Kier molecular flexibility index (Phi) is 3.36. The molecule has 1 aliphatic heterocycles. The molecule has 0 bridgehead atoms. The SMILES string of the molecule is C=CCNC(=S)N1CCCC1. The van der Waals surface area contributed by atoms with Crippen LogP contribution in [0.1, 0.15) is 12.8 Å². The Balaban J connectivity index is 2.22. The van der Waals surface area contributed by atoms with E-state index in [9.17, 15) is 0 Å². The zero-order valence-electron chi connectivity index (χ0n) is 6.68. The van der Waals surface area contributed by atoms with Crippen molar-refractivity contribution in [2.45, 2.75) is 12.8 Å². The molecule has 3 heteroatoms. The smallest absolute Gasteiger partial charge is 0.169 e. The van der Waals surface area contributed by atoms with E-state index >= 15 is 0 Å². The van der Waals surface area contributed by atoms with Crippen LogP contribution < -0.4 is 5.32 Å². The molecule has 1 aliphatic rings. The van der Waals surface area contributed by atoms with Crippen LogP contribution >= 0.6 is 12.2 Å². The van der Waals surface area contributed by atoms with Crippen LogP contribution in [-0.2, 0) is 0 Å². The van der Waals surface area contributed by atoms with E-state index in [1.54, 1.807) is 0 Å². The molecule has 1 fully saturated rings. The first-order valence-electron chi connectivity index (χ1n) is 3.98. The average Bonchev–Trinajstić information content (AvgIpc) is 2.52. The molecule has 1 saturated heterocycles. The zero-order chi connectivity index (χ0) is 8.10. The molecule has 1 rings (SSSR count).